The zero-order valence-corrected chi connectivity index (χ0v) is 26.0. The van der Waals surface area contributed by atoms with Gasteiger partial charge in [0.25, 0.3) is 0 Å². The average molecular weight is 563 g/mol. The van der Waals surface area contributed by atoms with Crippen LogP contribution in [0.4, 0.5) is 11.4 Å². The van der Waals surface area contributed by atoms with Crippen LogP contribution in [0.25, 0.3) is 0 Å². The van der Waals surface area contributed by atoms with Gasteiger partial charge >= 0.3 is 0 Å². The van der Waals surface area contributed by atoms with E-state index < -0.39 is 15.1 Å². The number of hydrogen-bond donors (Lipinski definition) is 0. The van der Waals surface area contributed by atoms with Crippen molar-refractivity contribution in [2.45, 2.75) is 89.2 Å². The van der Waals surface area contributed by atoms with Crippen LogP contribution in [0.5, 0.6) is 0 Å². The van der Waals surface area contributed by atoms with Crippen LogP contribution in [-0.4, -0.2) is 34.6 Å². The third kappa shape index (κ3) is 8.60. The quantitative estimate of drug-likeness (QED) is 0.145. The van der Waals surface area contributed by atoms with Gasteiger partial charge in [-0.3, -0.25) is 0 Å². The SMILES string of the molecule is CCCCCCN(CCCCCC)c1ccc(C(c2ccc(N(CC)CC)cc2)S(=O)(=O)c2ccccc2)cc1. The highest BCUT2D eigenvalue weighted by Gasteiger charge is 2.31. The van der Waals surface area contributed by atoms with E-state index in [0.717, 1.165) is 43.0 Å². The zero-order chi connectivity index (χ0) is 28.8. The van der Waals surface area contributed by atoms with E-state index in [2.05, 4.69) is 61.8 Å². The van der Waals surface area contributed by atoms with Gasteiger partial charge in [0.05, 0.1) is 4.90 Å². The Hall–Kier alpha value is -2.79. The molecule has 0 radical (unpaired) electrons. The molecule has 40 heavy (non-hydrogen) atoms. The van der Waals surface area contributed by atoms with Crippen molar-refractivity contribution in [2.75, 3.05) is 36.0 Å². The number of hydrogen-bond acceptors (Lipinski definition) is 4. The first-order valence-electron chi connectivity index (χ1n) is 15.4. The number of rotatable bonds is 18. The molecule has 3 aromatic carbocycles. The molecule has 4 nitrogen and oxygen atoms in total. The largest absolute Gasteiger partial charge is 0.372 e. The molecule has 0 heterocycles. The van der Waals surface area contributed by atoms with Crippen molar-refractivity contribution in [3.8, 4) is 0 Å². The smallest absolute Gasteiger partial charge is 0.189 e. The fraction of sp³-hybridized carbons (Fsp3) is 0.486. The first-order valence-corrected chi connectivity index (χ1v) is 17.0. The molecule has 3 rings (SSSR count). The average Bonchev–Trinajstić information content (AvgIpc) is 2.98. The van der Waals surface area contributed by atoms with Crippen LogP contribution in [0, 0.1) is 0 Å². The first-order chi connectivity index (χ1) is 19.5. The van der Waals surface area contributed by atoms with Gasteiger partial charge in [0.15, 0.2) is 9.84 Å². The number of unbranched alkanes of at least 4 members (excludes halogenated alkanes) is 6. The third-order valence-corrected chi connectivity index (χ3v) is 9.92. The fourth-order valence-electron chi connectivity index (χ4n) is 5.43. The highest BCUT2D eigenvalue weighted by molar-refractivity contribution is 7.91. The fourth-order valence-corrected chi connectivity index (χ4v) is 7.27. The Labute approximate surface area is 244 Å². The van der Waals surface area contributed by atoms with Gasteiger partial charge in [-0.05, 0) is 74.2 Å². The van der Waals surface area contributed by atoms with Crippen LogP contribution in [-0.2, 0) is 9.84 Å². The number of sulfone groups is 1. The van der Waals surface area contributed by atoms with E-state index in [-0.39, 0.29) is 0 Å². The summed E-state index contributed by atoms with van der Waals surface area (Å²) in [4.78, 5) is 5.12. The minimum atomic E-state index is -3.65. The van der Waals surface area contributed by atoms with Gasteiger partial charge in [0, 0.05) is 37.6 Å². The Bertz CT molecular complexity index is 1190. The summed E-state index contributed by atoms with van der Waals surface area (Å²) in [6.45, 7) is 12.7. The predicted octanol–water partition coefficient (Wildman–Crippen LogP) is 9.06. The summed E-state index contributed by atoms with van der Waals surface area (Å²) in [5, 5.41) is -0.766. The van der Waals surface area contributed by atoms with E-state index >= 15 is 0 Å². The van der Waals surface area contributed by atoms with Crippen molar-refractivity contribution in [3.63, 3.8) is 0 Å². The maximum atomic E-state index is 14.1. The Kier molecular flexibility index (Phi) is 13.1. The van der Waals surface area contributed by atoms with E-state index in [1.807, 2.05) is 30.3 Å². The molecule has 0 spiro atoms. The molecule has 0 aliphatic heterocycles. The Balaban J connectivity index is 1.95. The highest BCUT2D eigenvalue weighted by atomic mass is 32.2. The lowest BCUT2D eigenvalue weighted by Crippen LogP contribution is -2.26. The number of nitrogens with zero attached hydrogens (tertiary/aromatic N) is 2. The molecule has 1 atom stereocenters. The Morgan fingerprint density at radius 1 is 0.550 bits per heavy atom. The van der Waals surface area contributed by atoms with Crippen molar-refractivity contribution in [1.29, 1.82) is 0 Å². The minimum Gasteiger partial charge on any atom is -0.372 e. The second-order valence-corrected chi connectivity index (χ2v) is 12.7. The number of anilines is 2. The molecular weight excluding hydrogens is 512 g/mol. The van der Waals surface area contributed by atoms with E-state index in [4.69, 9.17) is 0 Å². The van der Waals surface area contributed by atoms with Crippen LogP contribution in [0.2, 0.25) is 0 Å². The molecule has 0 aliphatic rings. The molecule has 1 unspecified atom stereocenters. The van der Waals surface area contributed by atoms with Gasteiger partial charge in [-0.2, -0.15) is 0 Å². The molecule has 0 saturated heterocycles. The molecule has 5 heteroatoms. The summed E-state index contributed by atoms with van der Waals surface area (Å²) in [7, 11) is -3.65. The molecule has 0 bridgehead atoms. The summed E-state index contributed by atoms with van der Waals surface area (Å²) in [5.41, 5.74) is 3.90. The Morgan fingerprint density at radius 2 is 1.00 bits per heavy atom. The molecular formula is C35H50N2O2S. The lowest BCUT2D eigenvalue weighted by atomic mass is 10.0. The molecule has 0 saturated carbocycles. The van der Waals surface area contributed by atoms with Crippen LogP contribution in [0.15, 0.2) is 83.8 Å². The second kappa shape index (κ2) is 16.5. The summed E-state index contributed by atoms with van der Waals surface area (Å²) in [6, 6.07) is 25.3. The van der Waals surface area contributed by atoms with Crippen LogP contribution < -0.4 is 9.80 Å². The summed E-state index contributed by atoms with van der Waals surface area (Å²) >= 11 is 0. The molecule has 3 aromatic rings. The third-order valence-electron chi connectivity index (χ3n) is 7.83. The van der Waals surface area contributed by atoms with E-state index in [1.54, 1.807) is 24.3 Å². The normalized spacial score (nSPS) is 12.3. The topological polar surface area (TPSA) is 40.6 Å². The predicted molar refractivity (Wildman–Crippen MR) is 172 cm³/mol. The maximum absolute atomic E-state index is 14.1. The van der Waals surface area contributed by atoms with E-state index in [0.29, 0.717) is 4.90 Å². The van der Waals surface area contributed by atoms with Crippen LogP contribution in [0.3, 0.4) is 0 Å². The van der Waals surface area contributed by atoms with Gasteiger partial charge in [0.1, 0.15) is 5.25 Å². The van der Waals surface area contributed by atoms with Crippen LogP contribution >= 0.6 is 0 Å². The lowest BCUT2D eigenvalue weighted by Gasteiger charge is -2.26. The monoisotopic (exact) mass is 562 g/mol. The molecule has 0 fully saturated rings. The standard InChI is InChI=1S/C35H50N2O2S/c1-5-9-11-16-28-37(29-17-12-10-6-2)33-26-22-31(23-27-33)35(40(38,39)34-18-14-13-15-19-34)30-20-24-32(25-21-30)36(7-3)8-4/h13-15,18-27,35H,5-12,16-17,28-29H2,1-4H3. The molecule has 0 N–H and O–H groups in total. The van der Waals surface area contributed by atoms with Crippen LogP contribution in [0.1, 0.15) is 95.4 Å². The van der Waals surface area contributed by atoms with Gasteiger partial charge in [0.2, 0.25) is 0 Å². The first kappa shape index (κ1) is 31.7. The van der Waals surface area contributed by atoms with Crippen molar-refractivity contribution >= 4 is 21.2 Å². The molecule has 218 valence electrons. The lowest BCUT2D eigenvalue weighted by molar-refractivity contribution is 0.589. The Morgan fingerprint density at radius 3 is 1.43 bits per heavy atom. The highest BCUT2D eigenvalue weighted by Crippen LogP contribution is 2.36. The van der Waals surface area contributed by atoms with Gasteiger partial charge in [-0.15, -0.1) is 0 Å². The minimum absolute atomic E-state index is 0.352. The molecule has 0 aromatic heterocycles. The summed E-state index contributed by atoms with van der Waals surface area (Å²) in [6.07, 6.45) is 9.89. The van der Waals surface area contributed by atoms with Gasteiger partial charge in [-0.1, -0.05) is 94.8 Å². The maximum Gasteiger partial charge on any atom is 0.189 e. The van der Waals surface area contributed by atoms with Gasteiger partial charge in [-0.25, -0.2) is 8.42 Å². The molecule has 0 amide bonds. The second-order valence-electron chi connectivity index (χ2n) is 10.7. The van der Waals surface area contributed by atoms with E-state index in [1.165, 1.54) is 57.1 Å². The van der Waals surface area contributed by atoms with Gasteiger partial charge < -0.3 is 9.80 Å². The van der Waals surface area contributed by atoms with Crippen molar-refractivity contribution < 1.29 is 8.42 Å². The summed E-state index contributed by atoms with van der Waals surface area (Å²) < 4.78 is 28.1. The van der Waals surface area contributed by atoms with Crippen molar-refractivity contribution in [2.24, 2.45) is 0 Å². The van der Waals surface area contributed by atoms with E-state index in [9.17, 15) is 8.42 Å². The van der Waals surface area contributed by atoms with Crippen molar-refractivity contribution in [1.82, 2.24) is 0 Å². The molecule has 0 aliphatic carbocycles. The summed E-state index contributed by atoms with van der Waals surface area (Å²) in [5.74, 6) is 0. The van der Waals surface area contributed by atoms with Crippen molar-refractivity contribution in [3.05, 3.63) is 90.0 Å². The number of benzene rings is 3. The zero-order valence-electron chi connectivity index (χ0n) is 25.2.